The maximum Gasteiger partial charge on any atom is 0.251 e. The van der Waals surface area contributed by atoms with E-state index >= 15 is 0 Å². The monoisotopic (exact) mass is 303 g/mol. The first kappa shape index (κ1) is 14.2. The molecule has 1 aromatic heterocycles. The largest absolute Gasteiger partial charge is 0.497 e. The molecule has 0 spiro atoms. The predicted octanol–water partition coefficient (Wildman–Crippen LogP) is 1.89. The van der Waals surface area contributed by atoms with Gasteiger partial charge in [0.15, 0.2) is 5.16 Å². The summed E-state index contributed by atoms with van der Waals surface area (Å²) in [5.74, 6) is 0.862. The summed E-state index contributed by atoms with van der Waals surface area (Å²) in [6.07, 6.45) is 3.42. The van der Waals surface area contributed by atoms with Crippen LogP contribution in [-0.2, 0) is 6.42 Å². The number of nitrogens with zero attached hydrogens (tertiary/aromatic N) is 1. The average Bonchev–Trinajstić information content (AvgIpc) is 2.50. The molecular weight excluding hydrogens is 286 g/mol. The fraction of sp³-hybridized carbons (Fsp3) is 0.333. The lowest BCUT2D eigenvalue weighted by Gasteiger charge is -2.30. The summed E-state index contributed by atoms with van der Waals surface area (Å²) < 4.78 is 5.26. The first-order chi connectivity index (χ1) is 10.2. The number of hydrogen-bond donors (Lipinski definition) is 2. The topological polar surface area (TPSA) is 81.0 Å². The normalized spacial score (nSPS) is 20.9. The second kappa shape index (κ2) is 5.91. The van der Waals surface area contributed by atoms with Crippen molar-refractivity contribution >= 4 is 11.8 Å². The van der Waals surface area contributed by atoms with E-state index in [1.54, 1.807) is 7.11 Å². The Balaban J connectivity index is 1.82. The Hall–Kier alpha value is -1.79. The number of nitrogens with one attached hydrogen (secondary N) is 1. The SMILES string of the molecule is COc1ccc2c(c1)CCC(Sc1nccc(=O)[nH]1)C2N. The Morgan fingerprint density at radius 3 is 3.05 bits per heavy atom. The van der Waals surface area contributed by atoms with Crippen LogP contribution < -0.4 is 16.0 Å². The Morgan fingerprint density at radius 2 is 2.29 bits per heavy atom. The van der Waals surface area contributed by atoms with Crippen molar-refractivity contribution in [3.05, 3.63) is 51.9 Å². The van der Waals surface area contributed by atoms with Gasteiger partial charge in [-0.25, -0.2) is 4.98 Å². The molecule has 0 amide bonds. The Morgan fingerprint density at radius 1 is 1.43 bits per heavy atom. The number of benzene rings is 1. The van der Waals surface area contributed by atoms with Crippen molar-refractivity contribution in [1.29, 1.82) is 0 Å². The highest BCUT2D eigenvalue weighted by atomic mass is 32.2. The average molecular weight is 303 g/mol. The van der Waals surface area contributed by atoms with Crippen molar-refractivity contribution in [3.8, 4) is 5.75 Å². The van der Waals surface area contributed by atoms with E-state index in [0.717, 1.165) is 24.2 Å². The number of fused-ring (bicyclic) bond motifs is 1. The summed E-state index contributed by atoms with van der Waals surface area (Å²) in [7, 11) is 1.67. The summed E-state index contributed by atoms with van der Waals surface area (Å²) in [5.41, 5.74) is 8.64. The molecule has 110 valence electrons. The summed E-state index contributed by atoms with van der Waals surface area (Å²) in [4.78, 5) is 18.2. The Bertz CT molecular complexity index is 701. The predicted molar refractivity (Wildman–Crippen MR) is 82.7 cm³/mol. The van der Waals surface area contributed by atoms with E-state index in [-0.39, 0.29) is 16.9 Å². The number of aromatic nitrogens is 2. The zero-order valence-corrected chi connectivity index (χ0v) is 12.5. The molecule has 3 rings (SSSR count). The standard InChI is InChI=1S/C15H17N3O2S/c1-20-10-3-4-11-9(8-10)2-5-12(14(11)16)21-15-17-7-6-13(19)18-15/h3-4,6-8,12,14H,2,5,16H2,1H3,(H,17,18,19). The van der Waals surface area contributed by atoms with Gasteiger partial charge in [-0.1, -0.05) is 17.8 Å². The number of aromatic amines is 1. The maximum absolute atomic E-state index is 11.3. The van der Waals surface area contributed by atoms with Gasteiger partial charge in [0.1, 0.15) is 5.75 Å². The van der Waals surface area contributed by atoms with E-state index < -0.39 is 0 Å². The van der Waals surface area contributed by atoms with Crippen LogP contribution in [0.3, 0.4) is 0 Å². The van der Waals surface area contributed by atoms with Crippen LogP contribution in [0.5, 0.6) is 5.75 Å². The number of ether oxygens (including phenoxy) is 1. The van der Waals surface area contributed by atoms with E-state index in [9.17, 15) is 4.79 Å². The van der Waals surface area contributed by atoms with Crippen LogP contribution in [0.2, 0.25) is 0 Å². The molecular formula is C15H17N3O2S. The van der Waals surface area contributed by atoms with Crippen LogP contribution in [0.25, 0.3) is 0 Å². The third kappa shape index (κ3) is 2.96. The van der Waals surface area contributed by atoms with E-state index in [1.807, 2.05) is 12.1 Å². The van der Waals surface area contributed by atoms with Crippen LogP contribution in [0, 0.1) is 0 Å². The number of methoxy groups -OCH3 is 1. The molecule has 0 radical (unpaired) electrons. The lowest BCUT2D eigenvalue weighted by atomic mass is 9.87. The number of aryl methyl sites for hydroxylation is 1. The third-order valence-electron chi connectivity index (χ3n) is 3.72. The van der Waals surface area contributed by atoms with Crippen molar-refractivity contribution in [2.45, 2.75) is 29.3 Å². The van der Waals surface area contributed by atoms with Crippen LogP contribution in [0.1, 0.15) is 23.6 Å². The van der Waals surface area contributed by atoms with Crippen LogP contribution >= 0.6 is 11.8 Å². The van der Waals surface area contributed by atoms with Gasteiger partial charge in [-0.15, -0.1) is 0 Å². The number of H-pyrrole nitrogens is 1. The van der Waals surface area contributed by atoms with Crippen LogP contribution in [0.4, 0.5) is 0 Å². The first-order valence-electron chi connectivity index (χ1n) is 6.82. The van der Waals surface area contributed by atoms with Crippen molar-refractivity contribution in [2.24, 2.45) is 5.73 Å². The lowest BCUT2D eigenvalue weighted by molar-refractivity contribution is 0.413. The molecule has 0 saturated carbocycles. The molecule has 1 heterocycles. The quantitative estimate of drug-likeness (QED) is 0.846. The molecule has 1 aliphatic rings. The van der Waals surface area contributed by atoms with Crippen molar-refractivity contribution in [3.63, 3.8) is 0 Å². The number of hydrogen-bond acceptors (Lipinski definition) is 5. The van der Waals surface area contributed by atoms with Gasteiger partial charge in [-0.05, 0) is 36.1 Å². The van der Waals surface area contributed by atoms with Gasteiger partial charge in [0.05, 0.1) is 7.11 Å². The van der Waals surface area contributed by atoms with Gasteiger partial charge in [-0.2, -0.15) is 0 Å². The van der Waals surface area contributed by atoms with Gasteiger partial charge >= 0.3 is 0 Å². The molecule has 21 heavy (non-hydrogen) atoms. The summed E-state index contributed by atoms with van der Waals surface area (Å²) >= 11 is 1.54. The van der Waals surface area contributed by atoms with Crippen molar-refractivity contribution in [1.82, 2.24) is 9.97 Å². The van der Waals surface area contributed by atoms with E-state index in [0.29, 0.717) is 5.16 Å². The highest BCUT2D eigenvalue weighted by Gasteiger charge is 2.28. The lowest BCUT2D eigenvalue weighted by Crippen LogP contribution is -2.29. The second-order valence-corrected chi connectivity index (χ2v) is 6.25. The van der Waals surface area contributed by atoms with E-state index in [2.05, 4.69) is 16.0 Å². The Kier molecular flexibility index (Phi) is 3.98. The smallest absolute Gasteiger partial charge is 0.251 e. The fourth-order valence-corrected chi connectivity index (χ4v) is 3.71. The van der Waals surface area contributed by atoms with Gasteiger partial charge in [0, 0.05) is 23.6 Å². The number of rotatable bonds is 3. The minimum Gasteiger partial charge on any atom is -0.497 e. The van der Waals surface area contributed by atoms with Gasteiger partial charge in [0.2, 0.25) is 0 Å². The molecule has 2 atom stereocenters. The Labute approximate surface area is 126 Å². The van der Waals surface area contributed by atoms with Crippen molar-refractivity contribution in [2.75, 3.05) is 7.11 Å². The van der Waals surface area contributed by atoms with Crippen molar-refractivity contribution < 1.29 is 4.74 Å². The highest BCUT2D eigenvalue weighted by Crippen LogP contribution is 2.38. The van der Waals surface area contributed by atoms with E-state index in [4.69, 9.17) is 10.5 Å². The van der Waals surface area contributed by atoms with Gasteiger partial charge < -0.3 is 15.5 Å². The molecule has 3 N–H and O–H groups in total. The molecule has 0 fully saturated rings. The molecule has 2 aromatic rings. The first-order valence-corrected chi connectivity index (χ1v) is 7.69. The molecule has 5 nitrogen and oxygen atoms in total. The van der Waals surface area contributed by atoms with Gasteiger partial charge in [-0.3, -0.25) is 4.79 Å². The summed E-state index contributed by atoms with van der Waals surface area (Å²) in [5, 5.41) is 0.830. The third-order valence-corrected chi connectivity index (χ3v) is 4.98. The molecule has 0 bridgehead atoms. The van der Waals surface area contributed by atoms with Crippen LogP contribution in [0.15, 0.2) is 40.4 Å². The molecule has 2 unspecified atom stereocenters. The van der Waals surface area contributed by atoms with Crippen LogP contribution in [-0.4, -0.2) is 22.3 Å². The summed E-state index contributed by atoms with van der Waals surface area (Å²) in [6, 6.07) is 7.36. The molecule has 1 aliphatic carbocycles. The number of thioether (sulfide) groups is 1. The minimum absolute atomic E-state index is 0.0739. The maximum atomic E-state index is 11.3. The second-order valence-electron chi connectivity index (χ2n) is 5.02. The zero-order valence-electron chi connectivity index (χ0n) is 11.7. The zero-order chi connectivity index (χ0) is 14.8. The molecule has 1 aromatic carbocycles. The molecule has 6 heteroatoms. The summed E-state index contributed by atoms with van der Waals surface area (Å²) in [6.45, 7) is 0. The number of nitrogens with two attached hydrogens (primary N) is 1. The highest BCUT2D eigenvalue weighted by molar-refractivity contribution is 7.99. The van der Waals surface area contributed by atoms with E-state index in [1.165, 1.54) is 29.6 Å². The van der Waals surface area contributed by atoms with Gasteiger partial charge in [0.25, 0.3) is 5.56 Å². The fourth-order valence-electron chi connectivity index (χ4n) is 2.62. The minimum atomic E-state index is -0.137. The molecule has 0 aliphatic heterocycles. The molecule has 0 saturated heterocycles.